The van der Waals surface area contributed by atoms with Crippen LogP contribution in [0.1, 0.15) is 59.8 Å². The molecule has 0 amide bonds. The number of nitrogens with zero attached hydrogens (tertiary/aromatic N) is 1. The van der Waals surface area contributed by atoms with E-state index in [1.807, 2.05) is 13.8 Å². The summed E-state index contributed by atoms with van der Waals surface area (Å²) in [4.78, 5) is 2.46. The van der Waals surface area contributed by atoms with E-state index in [-0.39, 0.29) is 0 Å². The van der Waals surface area contributed by atoms with Crippen molar-refractivity contribution >= 4 is 0 Å². The summed E-state index contributed by atoms with van der Waals surface area (Å²) in [6.45, 7) is 12.3. The molecular formula is C14H32N2. The fourth-order valence-corrected chi connectivity index (χ4v) is 2.36. The Bertz CT molecular complexity index is 159. The van der Waals surface area contributed by atoms with E-state index in [1.54, 1.807) is 0 Å². The second kappa shape index (κ2) is 9.00. The van der Waals surface area contributed by atoms with Crippen molar-refractivity contribution < 1.29 is 0 Å². The van der Waals surface area contributed by atoms with Gasteiger partial charge in [-0.05, 0) is 46.3 Å². The molecule has 0 saturated carbocycles. The van der Waals surface area contributed by atoms with Crippen molar-refractivity contribution in [3.63, 3.8) is 0 Å². The highest BCUT2D eigenvalue weighted by Crippen LogP contribution is 2.19. The Balaban J connectivity index is 0.00000106. The molecule has 16 heavy (non-hydrogen) atoms. The predicted octanol–water partition coefficient (Wildman–Crippen LogP) is 3.28. The largest absolute Gasteiger partial charge is 0.310 e. The summed E-state index contributed by atoms with van der Waals surface area (Å²) in [5.41, 5.74) is 0.362. The summed E-state index contributed by atoms with van der Waals surface area (Å²) < 4.78 is 0. The minimum absolute atomic E-state index is 0.362. The first-order valence-electron chi connectivity index (χ1n) is 7.10. The first-order chi connectivity index (χ1) is 7.66. The summed E-state index contributed by atoms with van der Waals surface area (Å²) in [5, 5.41) is 3.73. The lowest BCUT2D eigenvalue weighted by Crippen LogP contribution is -2.49. The minimum atomic E-state index is 0.362. The number of hydrogen-bond donors (Lipinski definition) is 1. The quantitative estimate of drug-likeness (QED) is 0.743. The fourth-order valence-electron chi connectivity index (χ4n) is 2.36. The van der Waals surface area contributed by atoms with E-state index in [1.165, 1.54) is 51.7 Å². The smallest absolute Gasteiger partial charge is 0.0280 e. The van der Waals surface area contributed by atoms with Crippen LogP contribution in [0.3, 0.4) is 0 Å². The highest BCUT2D eigenvalue weighted by molar-refractivity contribution is 4.87. The Hall–Kier alpha value is -0.0800. The van der Waals surface area contributed by atoms with Crippen LogP contribution in [0.25, 0.3) is 0 Å². The van der Waals surface area contributed by atoms with Crippen LogP contribution in [-0.2, 0) is 0 Å². The zero-order valence-electron chi connectivity index (χ0n) is 12.1. The van der Waals surface area contributed by atoms with Crippen LogP contribution in [-0.4, -0.2) is 37.1 Å². The minimum Gasteiger partial charge on any atom is -0.310 e. The molecule has 1 rings (SSSR count). The Labute approximate surface area is 103 Å². The lowest BCUT2D eigenvalue weighted by atomic mass is 9.95. The Morgan fingerprint density at radius 3 is 2.56 bits per heavy atom. The summed E-state index contributed by atoms with van der Waals surface area (Å²) in [6.07, 6.45) is 6.67. The van der Waals surface area contributed by atoms with Crippen LogP contribution in [0.5, 0.6) is 0 Å². The first kappa shape index (κ1) is 15.9. The highest BCUT2D eigenvalue weighted by Gasteiger charge is 2.26. The molecule has 1 saturated heterocycles. The molecule has 1 atom stereocenters. The Kier molecular flexibility index (Phi) is 8.96. The molecule has 0 bridgehead atoms. The van der Waals surface area contributed by atoms with E-state index in [0.29, 0.717) is 5.54 Å². The molecule has 0 radical (unpaired) electrons. The third kappa shape index (κ3) is 6.49. The molecule has 1 heterocycles. The summed E-state index contributed by atoms with van der Waals surface area (Å²) in [6, 6.07) is 0. The van der Waals surface area contributed by atoms with Crippen molar-refractivity contribution in [1.82, 2.24) is 10.2 Å². The van der Waals surface area contributed by atoms with E-state index in [9.17, 15) is 0 Å². The fraction of sp³-hybridized carbons (Fsp3) is 1.00. The SMILES string of the molecule is CC.CCCCNC1(C)CCCCN(C)C1. The zero-order chi connectivity index (χ0) is 12.4. The predicted molar refractivity (Wildman–Crippen MR) is 74.0 cm³/mol. The molecule has 1 aliphatic rings. The van der Waals surface area contributed by atoms with Gasteiger partial charge in [-0.15, -0.1) is 0 Å². The maximum absolute atomic E-state index is 3.73. The maximum atomic E-state index is 3.73. The Morgan fingerprint density at radius 2 is 1.94 bits per heavy atom. The normalized spacial score (nSPS) is 26.8. The van der Waals surface area contributed by atoms with Gasteiger partial charge in [0.25, 0.3) is 0 Å². The van der Waals surface area contributed by atoms with Crippen LogP contribution < -0.4 is 5.32 Å². The molecule has 2 nitrogen and oxygen atoms in total. The summed E-state index contributed by atoms with van der Waals surface area (Å²) in [5.74, 6) is 0. The number of hydrogen-bond acceptors (Lipinski definition) is 2. The first-order valence-corrected chi connectivity index (χ1v) is 7.10. The van der Waals surface area contributed by atoms with Crippen molar-refractivity contribution in [2.45, 2.75) is 65.3 Å². The molecule has 1 fully saturated rings. The molecule has 2 heteroatoms. The molecule has 1 aliphatic heterocycles. The van der Waals surface area contributed by atoms with Gasteiger partial charge in [0.15, 0.2) is 0 Å². The third-order valence-electron chi connectivity index (χ3n) is 3.22. The van der Waals surface area contributed by atoms with Gasteiger partial charge in [-0.2, -0.15) is 0 Å². The average Bonchev–Trinajstić information content (AvgIpc) is 2.43. The molecule has 0 spiro atoms. The number of likely N-dealkylation sites (N-methyl/N-ethyl adjacent to an activating group) is 1. The van der Waals surface area contributed by atoms with Gasteiger partial charge in [-0.25, -0.2) is 0 Å². The van der Waals surface area contributed by atoms with E-state index >= 15 is 0 Å². The van der Waals surface area contributed by atoms with Crippen LogP contribution in [0.4, 0.5) is 0 Å². The van der Waals surface area contributed by atoms with Gasteiger partial charge in [0.1, 0.15) is 0 Å². The van der Waals surface area contributed by atoms with Gasteiger partial charge in [-0.1, -0.05) is 33.6 Å². The molecule has 1 unspecified atom stereocenters. The molecule has 0 aromatic carbocycles. The molecule has 0 aromatic heterocycles. The van der Waals surface area contributed by atoms with E-state index in [4.69, 9.17) is 0 Å². The van der Waals surface area contributed by atoms with E-state index in [2.05, 4.69) is 31.1 Å². The van der Waals surface area contributed by atoms with Gasteiger partial charge < -0.3 is 10.2 Å². The topological polar surface area (TPSA) is 15.3 Å². The standard InChI is InChI=1S/C12H26N2.C2H6/c1-4-5-9-13-12(2)8-6-7-10-14(3)11-12;1-2/h13H,4-11H2,1-3H3;1-2H3. The van der Waals surface area contributed by atoms with Crippen molar-refractivity contribution in [3.05, 3.63) is 0 Å². The monoisotopic (exact) mass is 228 g/mol. The lowest BCUT2D eigenvalue weighted by molar-refractivity contribution is 0.237. The average molecular weight is 228 g/mol. The molecular weight excluding hydrogens is 196 g/mol. The number of rotatable bonds is 4. The molecule has 0 aliphatic carbocycles. The van der Waals surface area contributed by atoms with E-state index < -0.39 is 0 Å². The molecule has 1 N–H and O–H groups in total. The van der Waals surface area contributed by atoms with Gasteiger partial charge >= 0.3 is 0 Å². The zero-order valence-corrected chi connectivity index (χ0v) is 12.1. The third-order valence-corrected chi connectivity index (χ3v) is 3.22. The highest BCUT2D eigenvalue weighted by atomic mass is 15.1. The summed E-state index contributed by atoms with van der Waals surface area (Å²) in [7, 11) is 2.24. The van der Waals surface area contributed by atoms with Crippen molar-refractivity contribution in [2.24, 2.45) is 0 Å². The maximum Gasteiger partial charge on any atom is 0.0280 e. The van der Waals surface area contributed by atoms with E-state index in [0.717, 1.165) is 0 Å². The van der Waals surface area contributed by atoms with Gasteiger partial charge in [0, 0.05) is 12.1 Å². The Morgan fingerprint density at radius 1 is 1.25 bits per heavy atom. The van der Waals surface area contributed by atoms with Crippen molar-refractivity contribution in [3.8, 4) is 0 Å². The van der Waals surface area contributed by atoms with Crippen LogP contribution >= 0.6 is 0 Å². The number of nitrogens with one attached hydrogen (secondary N) is 1. The van der Waals surface area contributed by atoms with Crippen LogP contribution in [0, 0.1) is 0 Å². The molecule has 98 valence electrons. The van der Waals surface area contributed by atoms with Gasteiger partial charge in [0.05, 0.1) is 0 Å². The second-order valence-corrected chi connectivity index (χ2v) is 5.04. The number of likely N-dealkylation sites (tertiary alicyclic amines) is 1. The lowest BCUT2D eigenvalue weighted by Gasteiger charge is -2.32. The van der Waals surface area contributed by atoms with Crippen molar-refractivity contribution in [2.75, 3.05) is 26.7 Å². The van der Waals surface area contributed by atoms with Crippen LogP contribution in [0.15, 0.2) is 0 Å². The number of unbranched alkanes of at least 4 members (excludes halogenated alkanes) is 1. The van der Waals surface area contributed by atoms with Crippen LogP contribution in [0.2, 0.25) is 0 Å². The van der Waals surface area contributed by atoms with Crippen molar-refractivity contribution in [1.29, 1.82) is 0 Å². The van der Waals surface area contributed by atoms with Gasteiger partial charge in [0.2, 0.25) is 0 Å². The second-order valence-electron chi connectivity index (χ2n) is 5.04. The van der Waals surface area contributed by atoms with Gasteiger partial charge in [-0.3, -0.25) is 0 Å². The molecule has 0 aromatic rings. The summed E-state index contributed by atoms with van der Waals surface area (Å²) >= 11 is 0.